The second kappa shape index (κ2) is 6.72. The molecule has 27 heavy (non-hydrogen) atoms. The molecular weight excluding hydrogens is 346 g/mol. The summed E-state index contributed by atoms with van der Waals surface area (Å²) in [7, 11) is 1.60. The maximum Gasteiger partial charge on any atom is 0.290 e. The van der Waals surface area contributed by atoms with Gasteiger partial charge in [-0.2, -0.15) is 4.98 Å². The summed E-state index contributed by atoms with van der Waals surface area (Å²) in [5, 5.41) is 4.95. The van der Waals surface area contributed by atoms with Crippen molar-refractivity contribution in [1.82, 2.24) is 15.0 Å². The van der Waals surface area contributed by atoms with Crippen LogP contribution in [0.3, 0.4) is 0 Å². The minimum Gasteiger partial charge on any atom is -0.497 e. The van der Waals surface area contributed by atoms with Crippen molar-refractivity contribution in [3.8, 4) is 5.75 Å². The Morgan fingerprint density at radius 3 is 2.89 bits per heavy atom. The summed E-state index contributed by atoms with van der Waals surface area (Å²) in [6, 6.07) is 5.37. The number of fused-ring (bicyclic) bond motifs is 1. The van der Waals surface area contributed by atoms with Crippen LogP contribution in [0.4, 0.5) is 0 Å². The van der Waals surface area contributed by atoms with Gasteiger partial charge in [0, 0.05) is 29.5 Å². The van der Waals surface area contributed by atoms with Crippen LogP contribution in [-0.2, 0) is 0 Å². The van der Waals surface area contributed by atoms with E-state index in [4.69, 9.17) is 13.7 Å². The molecule has 1 saturated heterocycles. The molecule has 3 heterocycles. The molecular formula is C20H23N3O4. The smallest absolute Gasteiger partial charge is 0.290 e. The molecule has 2 aromatic heterocycles. The number of carbonyl (C=O) groups excluding carboxylic acids is 1. The zero-order valence-corrected chi connectivity index (χ0v) is 16.0. The van der Waals surface area contributed by atoms with Gasteiger partial charge < -0.3 is 18.6 Å². The summed E-state index contributed by atoms with van der Waals surface area (Å²) in [4.78, 5) is 19.5. The van der Waals surface area contributed by atoms with Crippen molar-refractivity contribution in [3.63, 3.8) is 0 Å². The first-order valence-corrected chi connectivity index (χ1v) is 9.21. The fourth-order valence-electron chi connectivity index (χ4n) is 3.55. The Kier molecular flexibility index (Phi) is 4.37. The van der Waals surface area contributed by atoms with Gasteiger partial charge in [0.1, 0.15) is 17.4 Å². The Morgan fingerprint density at radius 2 is 2.19 bits per heavy atom. The zero-order chi connectivity index (χ0) is 19.1. The molecule has 0 radical (unpaired) electrons. The molecule has 0 N–H and O–H groups in total. The Morgan fingerprint density at radius 1 is 1.37 bits per heavy atom. The third-order valence-electron chi connectivity index (χ3n) is 5.11. The fraction of sp³-hybridized carbons (Fsp3) is 0.450. The Bertz CT molecular complexity index is 988. The molecule has 1 atom stereocenters. The molecule has 4 rings (SSSR count). The van der Waals surface area contributed by atoms with Gasteiger partial charge in [0.15, 0.2) is 11.6 Å². The first-order chi connectivity index (χ1) is 13.0. The number of aryl methyl sites for hydroxylation is 1. The van der Waals surface area contributed by atoms with Crippen LogP contribution in [0.25, 0.3) is 11.0 Å². The number of rotatable bonds is 4. The highest BCUT2D eigenvalue weighted by molar-refractivity contribution is 5.99. The van der Waals surface area contributed by atoms with Crippen LogP contribution in [0.5, 0.6) is 5.75 Å². The summed E-state index contributed by atoms with van der Waals surface area (Å²) < 4.78 is 16.6. The Labute approximate surface area is 157 Å². The zero-order valence-electron chi connectivity index (χ0n) is 16.0. The number of furan rings is 1. The molecule has 0 unspecified atom stereocenters. The molecule has 7 nitrogen and oxygen atoms in total. The lowest BCUT2D eigenvalue weighted by molar-refractivity contribution is 0.0679. The van der Waals surface area contributed by atoms with Crippen LogP contribution >= 0.6 is 0 Å². The van der Waals surface area contributed by atoms with Crippen molar-refractivity contribution >= 4 is 16.9 Å². The number of aromatic nitrogens is 2. The van der Waals surface area contributed by atoms with E-state index in [2.05, 4.69) is 10.1 Å². The molecule has 7 heteroatoms. The van der Waals surface area contributed by atoms with Crippen LogP contribution < -0.4 is 4.74 Å². The molecule has 0 bridgehead atoms. The first kappa shape index (κ1) is 17.6. The number of carbonyl (C=O) groups is 1. The van der Waals surface area contributed by atoms with Gasteiger partial charge in [0.2, 0.25) is 5.89 Å². The highest BCUT2D eigenvalue weighted by Gasteiger charge is 2.36. The molecule has 1 fully saturated rings. The van der Waals surface area contributed by atoms with Crippen LogP contribution in [0.15, 0.2) is 27.1 Å². The van der Waals surface area contributed by atoms with Crippen molar-refractivity contribution in [2.24, 2.45) is 0 Å². The van der Waals surface area contributed by atoms with Gasteiger partial charge in [-0.15, -0.1) is 0 Å². The maximum atomic E-state index is 13.2. The molecule has 0 spiro atoms. The lowest BCUT2D eigenvalue weighted by atomic mass is 10.1. The number of hydrogen-bond acceptors (Lipinski definition) is 6. The SMILES string of the molecule is COc1ccc2c(C)c(C(=O)N3CCC[C@@H]3c3nc(C(C)C)no3)oc2c1. The monoisotopic (exact) mass is 369 g/mol. The average Bonchev–Trinajstić information content (AvgIpc) is 3.39. The molecule has 1 aliphatic rings. The van der Waals surface area contributed by atoms with E-state index in [0.29, 0.717) is 35.4 Å². The van der Waals surface area contributed by atoms with Gasteiger partial charge >= 0.3 is 0 Å². The van der Waals surface area contributed by atoms with Crippen LogP contribution in [0, 0.1) is 6.92 Å². The molecule has 0 aliphatic carbocycles. The fourth-order valence-corrected chi connectivity index (χ4v) is 3.55. The molecule has 1 amide bonds. The van der Waals surface area contributed by atoms with E-state index in [9.17, 15) is 4.79 Å². The molecule has 0 saturated carbocycles. The summed E-state index contributed by atoms with van der Waals surface area (Å²) in [6.45, 7) is 6.57. The Balaban J connectivity index is 1.66. The van der Waals surface area contributed by atoms with Gasteiger partial charge in [0.05, 0.1) is 7.11 Å². The second-order valence-corrected chi connectivity index (χ2v) is 7.22. The predicted octanol–water partition coefficient (Wildman–Crippen LogP) is 4.23. The molecule has 1 aliphatic heterocycles. The van der Waals surface area contributed by atoms with E-state index < -0.39 is 0 Å². The molecule has 3 aromatic rings. The number of methoxy groups -OCH3 is 1. The number of ether oxygens (including phenoxy) is 1. The minimum atomic E-state index is -0.209. The van der Waals surface area contributed by atoms with E-state index in [1.807, 2.05) is 32.9 Å². The highest BCUT2D eigenvalue weighted by Crippen LogP contribution is 2.35. The number of amides is 1. The van der Waals surface area contributed by atoms with E-state index in [-0.39, 0.29) is 17.9 Å². The van der Waals surface area contributed by atoms with E-state index >= 15 is 0 Å². The summed E-state index contributed by atoms with van der Waals surface area (Å²) >= 11 is 0. The van der Waals surface area contributed by atoms with Crippen molar-refractivity contribution in [2.45, 2.75) is 45.6 Å². The minimum absolute atomic E-state index is 0.144. The quantitative estimate of drug-likeness (QED) is 0.684. The second-order valence-electron chi connectivity index (χ2n) is 7.22. The molecule has 1 aromatic carbocycles. The van der Waals surface area contributed by atoms with Crippen LogP contribution in [-0.4, -0.2) is 34.6 Å². The van der Waals surface area contributed by atoms with Gasteiger partial charge in [-0.3, -0.25) is 4.79 Å². The standard InChI is InChI=1S/C20H23N3O4/c1-11(2)18-21-19(27-22-18)15-6-5-9-23(15)20(24)17-12(3)14-8-7-13(25-4)10-16(14)26-17/h7-8,10-11,15H,5-6,9H2,1-4H3/t15-/m1/s1. The van der Waals surface area contributed by atoms with Crippen molar-refractivity contribution in [2.75, 3.05) is 13.7 Å². The van der Waals surface area contributed by atoms with Crippen molar-refractivity contribution in [3.05, 3.63) is 41.2 Å². The number of nitrogens with zero attached hydrogens (tertiary/aromatic N) is 3. The normalized spacial score (nSPS) is 17.2. The van der Waals surface area contributed by atoms with Gasteiger partial charge in [0.25, 0.3) is 5.91 Å². The van der Waals surface area contributed by atoms with Gasteiger partial charge in [-0.1, -0.05) is 19.0 Å². The van der Waals surface area contributed by atoms with E-state index in [1.54, 1.807) is 18.1 Å². The summed E-state index contributed by atoms with van der Waals surface area (Å²) in [5.74, 6) is 2.25. The lowest BCUT2D eigenvalue weighted by Gasteiger charge is -2.20. The lowest BCUT2D eigenvalue weighted by Crippen LogP contribution is -2.30. The number of likely N-dealkylation sites (tertiary alicyclic amines) is 1. The first-order valence-electron chi connectivity index (χ1n) is 9.21. The number of hydrogen-bond donors (Lipinski definition) is 0. The van der Waals surface area contributed by atoms with Gasteiger partial charge in [-0.05, 0) is 31.9 Å². The van der Waals surface area contributed by atoms with Crippen molar-refractivity contribution < 1.29 is 18.5 Å². The van der Waals surface area contributed by atoms with E-state index in [1.165, 1.54) is 0 Å². The average molecular weight is 369 g/mol. The number of benzene rings is 1. The third-order valence-corrected chi connectivity index (χ3v) is 5.11. The maximum absolute atomic E-state index is 13.2. The third kappa shape index (κ3) is 2.97. The Hall–Kier alpha value is -2.83. The summed E-state index contributed by atoms with van der Waals surface area (Å²) in [5.41, 5.74) is 1.47. The summed E-state index contributed by atoms with van der Waals surface area (Å²) in [6.07, 6.45) is 1.70. The molecule has 142 valence electrons. The largest absolute Gasteiger partial charge is 0.497 e. The van der Waals surface area contributed by atoms with Crippen LogP contribution in [0.1, 0.15) is 66.5 Å². The predicted molar refractivity (Wildman–Crippen MR) is 98.9 cm³/mol. The van der Waals surface area contributed by atoms with E-state index in [0.717, 1.165) is 23.8 Å². The van der Waals surface area contributed by atoms with Crippen molar-refractivity contribution in [1.29, 1.82) is 0 Å². The van der Waals surface area contributed by atoms with Gasteiger partial charge in [-0.25, -0.2) is 0 Å². The highest BCUT2D eigenvalue weighted by atomic mass is 16.5. The topological polar surface area (TPSA) is 81.6 Å². The van der Waals surface area contributed by atoms with Crippen LogP contribution in [0.2, 0.25) is 0 Å².